The maximum Gasteiger partial charge on any atom is 0.421 e. The van der Waals surface area contributed by atoms with E-state index >= 15 is 0 Å². The molecule has 1 heterocycles. The van der Waals surface area contributed by atoms with Gasteiger partial charge in [-0.15, -0.1) is 0 Å². The van der Waals surface area contributed by atoms with Gasteiger partial charge in [0.2, 0.25) is 5.91 Å². The molecule has 0 aliphatic carbocycles. The number of carbonyl (C=O) groups excluding carboxylic acids is 2. The van der Waals surface area contributed by atoms with Crippen molar-refractivity contribution in [2.75, 3.05) is 4.90 Å². The highest BCUT2D eigenvalue weighted by Crippen LogP contribution is 2.37. The first-order valence-electron chi connectivity index (χ1n) is 6.82. The van der Waals surface area contributed by atoms with E-state index in [2.05, 4.69) is 0 Å². The number of fused-ring (bicyclic) bond motifs is 1. The number of anilines is 1. The van der Waals surface area contributed by atoms with Crippen LogP contribution in [-0.4, -0.2) is 12.0 Å². The van der Waals surface area contributed by atoms with E-state index in [9.17, 15) is 9.59 Å². The maximum atomic E-state index is 12.2. The van der Waals surface area contributed by atoms with Crippen molar-refractivity contribution in [1.29, 1.82) is 0 Å². The molecule has 0 saturated heterocycles. The fourth-order valence-corrected chi connectivity index (χ4v) is 2.47. The second-order valence-corrected chi connectivity index (χ2v) is 4.99. The van der Waals surface area contributed by atoms with Gasteiger partial charge in [0.05, 0.1) is 11.6 Å². The van der Waals surface area contributed by atoms with Crippen LogP contribution in [0.3, 0.4) is 0 Å². The van der Waals surface area contributed by atoms with Crippen LogP contribution in [0.1, 0.15) is 24.0 Å². The minimum Gasteiger partial charge on any atom is -0.444 e. The van der Waals surface area contributed by atoms with E-state index in [1.54, 1.807) is 13.0 Å². The zero-order valence-corrected chi connectivity index (χ0v) is 11.7. The highest BCUT2D eigenvalue weighted by Gasteiger charge is 2.38. The quantitative estimate of drug-likeness (QED) is 0.846. The van der Waals surface area contributed by atoms with Crippen LogP contribution in [0, 0.1) is 0 Å². The van der Waals surface area contributed by atoms with Gasteiger partial charge in [-0.1, -0.05) is 48.5 Å². The molecule has 0 radical (unpaired) electrons. The van der Waals surface area contributed by atoms with Gasteiger partial charge in [-0.25, -0.2) is 9.69 Å². The third-order valence-electron chi connectivity index (χ3n) is 3.62. The second kappa shape index (κ2) is 5.40. The standard InChI is InChI=1S/C17H15NO3/c1-12-14-9-5-6-10-15(14)18(16(12)19)17(20)21-11-13-7-3-2-4-8-13/h2-10,12H,11H2,1H3. The predicted molar refractivity (Wildman–Crippen MR) is 79.0 cm³/mol. The highest BCUT2D eigenvalue weighted by atomic mass is 16.6. The lowest BCUT2D eigenvalue weighted by Crippen LogP contribution is -2.35. The minimum absolute atomic E-state index is 0.153. The Morgan fingerprint density at radius 1 is 1.10 bits per heavy atom. The van der Waals surface area contributed by atoms with E-state index in [0.29, 0.717) is 5.69 Å². The van der Waals surface area contributed by atoms with E-state index in [1.165, 1.54) is 0 Å². The van der Waals surface area contributed by atoms with Crippen molar-refractivity contribution >= 4 is 17.7 Å². The van der Waals surface area contributed by atoms with E-state index in [1.807, 2.05) is 48.5 Å². The van der Waals surface area contributed by atoms with Gasteiger partial charge in [-0.3, -0.25) is 4.79 Å². The Hall–Kier alpha value is -2.62. The number of hydrogen-bond donors (Lipinski definition) is 0. The Kier molecular flexibility index (Phi) is 3.44. The Labute approximate surface area is 123 Å². The average Bonchev–Trinajstić information content (AvgIpc) is 2.78. The molecule has 0 bridgehead atoms. The fourth-order valence-electron chi connectivity index (χ4n) is 2.47. The summed E-state index contributed by atoms with van der Waals surface area (Å²) in [6.07, 6.45) is -0.624. The van der Waals surface area contributed by atoms with Gasteiger partial charge >= 0.3 is 6.09 Å². The number of carbonyl (C=O) groups is 2. The van der Waals surface area contributed by atoms with Crippen molar-refractivity contribution < 1.29 is 14.3 Å². The van der Waals surface area contributed by atoms with Crippen LogP contribution in [0.15, 0.2) is 54.6 Å². The molecule has 0 spiro atoms. The molecule has 0 aromatic heterocycles. The summed E-state index contributed by atoms with van der Waals surface area (Å²) in [5.41, 5.74) is 2.37. The molecule has 2 aromatic rings. The van der Waals surface area contributed by atoms with Crippen LogP contribution in [0.4, 0.5) is 10.5 Å². The van der Waals surface area contributed by atoms with Crippen LogP contribution < -0.4 is 4.90 Å². The van der Waals surface area contributed by atoms with Gasteiger partial charge < -0.3 is 4.74 Å². The molecule has 4 heteroatoms. The molecule has 4 nitrogen and oxygen atoms in total. The predicted octanol–water partition coefficient (Wildman–Crippen LogP) is 3.47. The van der Waals surface area contributed by atoms with Crippen LogP contribution in [0.2, 0.25) is 0 Å². The number of nitrogens with zero attached hydrogens (tertiary/aromatic N) is 1. The number of ether oxygens (including phenoxy) is 1. The van der Waals surface area contributed by atoms with E-state index < -0.39 is 6.09 Å². The summed E-state index contributed by atoms with van der Waals surface area (Å²) in [4.78, 5) is 25.6. The van der Waals surface area contributed by atoms with Gasteiger partial charge in [-0.2, -0.15) is 0 Å². The van der Waals surface area contributed by atoms with Gasteiger partial charge in [0.15, 0.2) is 0 Å². The number of hydrogen-bond acceptors (Lipinski definition) is 3. The fraction of sp³-hybridized carbons (Fsp3) is 0.176. The van der Waals surface area contributed by atoms with Crippen molar-refractivity contribution in [3.8, 4) is 0 Å². The molecule has 1 unspecified atom stereocenters. The molecule has 1 aliphatic rings. The highest BCUT2D eigenvalue weighted by molar-refractivity contribution is 6.18. The van der Waals surface area contributed by atoms with Crippen molar-refractivity contribution in [3.05, 3.63) is 65.7 Å². The second-order valence-electron chi connectivity index (χ2n) is 4.99. The van der Waals surface area contributed by atoms with E-state index in [-0.39, 0.29) is 18.4 Å². The van der Waals surface area contributed by atoms with Crippen LogP contribution in [-0.2, 0) is 16.1 Å². The Morgan fingerprint density at radius 2 is 1.76 bits per heavy atom. The van der Waals surface area contributed by atoms with Gasteiger partial charge in [0, 0.05) is 0 Å². The zero-order valence-electron chi connectivity index (χ0n) is 11.7. The Balaban J connectivity index is 1.77. The monoisotopic (exact) mass is 281 g/mol. The Morgan fingerprint density at radius 3 is 2.52 bits per heavy atom. The summed E-state index contributed by atoms with van der Waals surface area (Å²) in [6.45, 7) is 1.95. The van der Waals surface area contributed by atoms with Gasteiger partial charge in [0.25, 0.3) is 0 Å². The summed E-state index contributed by atoms with van der Waals surface area (Å²) in [5, 5.41) is 0. The van der Waals surface area contributed by atoms with Crippen molar-refractivity contribution in [2.45, 2.75) is 19.4 Å². The topological polar surface area (TPSA) is 46.6 Å². The summed E-state index contributed by atoms with van der Waals surface area (Å²) in [6, 6.07) is 16.7. The molecule has 3 rings (SSSR count). The van der Waals surface area contributed by atoms with Gasteiger partial charge in [-0.05, 0) is 24.1 Å². The van der Waals surface area contributed by atoms with Crippen LogP contribution in [0.25, 0.3) is 0 Å². The summed E-state index contributed by atoms with van der Waals surface area (Å²) in [7, 11) is 0. The number of rotatable bonds is 2. The molecule has 0 N–H and O–H groups in total. The molecule has 1 aliphatic heterocycles. The summed E-state index contributed by atoms with van der Waals surface area (Å²) < 4.78 is 5.25. The van der Waals surface area contributed by atoms with Crippen molar-refractivity contribution in [3.63, 3.8) is 0 Å². The lowest BCUT2D eigenvalue weighted by Gasteiger charge is -2.15. The summed E-state index contributed by atoms with van der Waals surface area (Å²) >= 11 is 0. The van der Waals surface area contributed by atoms with Crippen LogP contribution in [0.5, 0.6) is 0 Å². The first-order valence-corrected chi connectivity index (χ1v) is 6.82. The first kappa shape index (κ1) is 13.4. The van der Waals surface area contributed by atoms with Crippen LogP contribution >= 0.6 is 0 Å². The lowest BCUT2D eigenvalue weighted by molar-refractivity contribution is -0.118. The number of amides is 2. The largest absolute Gasteiger partial charge is 0.444 e. The van der Waals surface area contributed by atoms with E-state index in [4.69, 9.17) is 4.74 Å². The molecule has 21 heavy (non-hydrogen) atoms. The average molecular weight is 281 g/mol. The van der Waals surface area contributed by atoms with Crippen molar-refractivity contribution in [1.82, 2.24) is 0 Å². The SMILES string of the molecule is CC1C(=O)N(C(=O)OCc2ccccc2)c2ccccc21. The molecule has 2 amide bonds. The zero-order chi connectivity index (χ0) is 14.8. The molecular formula is C17H15NO3. The molecule has 0 fully saturated rings. The normalized spacial score (nSPS) is 16.7. The maximum absolute atomic E-state index is 12.2. The number of benzene rings is 2. The minimum atomic E-state index is -0.624. The first-order chi connectivity index (χ1) is 10.2. The Bertz CT molecular complexity index is 681. The molecule has 106 valence electrons. The lowest BCUT2D eigenvalue weighted by atomic mass is 10.0. The number of imide groups is 1. The van der Waals surface area contributed by atoms with E-state index in [0.717, 1.165) is 16.0 Å². The van der Waals surface area contributed by atoms with Gasteiger partial charge in [0.1, 0.15) is 6.61 Å². The molecule has 2 aromatic carbocycles. The third kappa shape index (κ3) is 2.40. The third-order valence-corrected chi connectivity index (χ3v) is 3.62. The smallest absolute Gasteiger partial charge is 0.421 e. The molecular weight excluding hydrogens is 266 g/mol. The molecule has 1 atom stereocenters. The number of para-hydroxylation sites is 1. The molecule has 0 saturated carbocycles. The van der Waals surface area contributed by atoms with Crippen molar-refractivity contribution in [2.24, 2.45) is 0 Å². The summed E-state index contributed by atoms with van der Waals surface area (Å²) in [5.74, 6) is -0.556.